The Morgan fingerprint density at radius 3 is 2.44 bits per heavy atom. The Balaban J connectivity index is 1.56. The minimum absolute atomic E-state index is 0.0190. The minimum atomic E-state index is -0.656. The summed E-state index contributed by atoms with van der Waals surface area (Å²) in [4.78, 5) is 14.4. The highest BCUT2D eigenvalue weighted by Gasteiger charge is 2.22. The Morgan fingerprint density at radius 1 is 1.09 bits per heavy atom. The second-order valence-corrected chi connectivity index (χ2v) is 8.97. The van der Waals surface area contributed by atoms with Gasteiger partial charge in [-0.25, -0.2) is 0 Å². The van der Waals surface area contributed by atoms with Crippen molar-refractivity contribution in [3.63, 3.8) is 0 Å². The van der Waals surface area contributed by atoms with Crippen molar-refractivity contribution in [2.75, 3.05) is 26.3 Å². The fourth-order valence-electron chi connectivity index (χ4n) is 4.31. The van der Waals surface area contributed by atoms with Gasteiger partial charge in [-0.2, -0.15) is 0 Å². The molecule has 0 atom stereocenters. The van der Waals surface area contributed by atoms with Crippen LogP contribution < -0.4 is 5.73 Å². The number of primary amides is 1. The van der Waals surface area contributed by atoms with E-state index in [1.165, 1.54) is 11.6 Å². The number of aryl methyl sites for hydroxylation is 2. The number of carbonyl (C=O) groups is 1. The third-order valence-electron chi connectivity index (χ3n) is 6.22. The van der Waals surface area contributed by atoms with E-state index < -0.39 is 5.91 Å². The summed E-state index contributed by atoms with van der Waals surface area (Å²) in [5, 5.41) is 24.4. The Kier molecular flexibility index (Phi) is 7.19. The van der Waals surface area contributed by atoms with E-state index in [4.69, 9.17) is 15.0 Å². The van der Waals surface area contributed by atoms with Gasteiger partial charge >= 0.3 is 0 Å². The van der Waals surface area contributed by atoms with Gasteiger partial charge < -0.3 is 25.2 Å². The molecule has 2 heterocycles. The first-order valence-electron chi connectivity index (χ1n) is 11.6. The van der Waals surface area contributed by atoms with E-state index in [0.29, 0.717) is 29.7 Å². The van der Waals surface area contributed by atoms with E-state index in [0.717, 1.165) is 44.0 Å². The number of morpholine rings is 1. The predicted octanol–water partition coefficient (Wildman–Crippen LogP) is 3.59. The summed E-state index contributed by atoms with van der Waals surface area (Å²) in [5.41, 5.74) is 9.65. The Bertz CT molecular complexity index is 1150. The smallest absolute Gasteiger partial charge is 0.271 e. The van der Waals surface area contributed by atoms with Crippen LogP contribution in [0.4, 0.5) is 0 Å². The summed E-state index contributed by atoms with van der Waals surface area (Å²) < 4.78 is 10.9. The van der Waals surface area contributed by atoms with Gasteiger partial charge in [0.15, 0.2) is 5.69 Å². The average Bonchev–Trinajstić information content (AvgIpc) is 3.24. The van der Waals surface area contributed by atoms with Crippen LogP contribution in [-0.4, -0.2) is 52.5 Å². The summed E-state index contributed by atoms with van der Waals surface area (Å²) in [6, 6.07) is 11.1. The highest BCUT2D eigenvalue weighted by Crippen LogP contribution is 2.34. The number of ether oxygens (including phenoxy) is 1. The molecule has 8 heteroatoms. The number of aromatic hydroxyl groups is 2. The molecule has 180 valence electrons. The molecular weight excluding hydrogens is 434 g/mol. The summed E-state index contributed by atoms with van der Waals surface area (Å²) in [7, 11) is 0. The number of benzene rings is 2. The van der Waals surface area contributed by atoms with Crippen molar-refractivity contribution in [3.8, 4) is 22.6 Å². The maximum Gasteiger partial charge on any atom is 0.271 e. The first-order valence-corrected chi connectivity index (χ1v) is 11.6. The van der Waals surface area contributed by atoms with Crippen molar-refractivity contribution in [2.45, 2.75) is 39.2 Å². The molecule has 1 aliphatic rings. The molecule has 0 saturated carbocycles. The first kappa shape index (κ1) is 23.8. The normalized spacial score (nSPS) is 14.6. The van der Waals surface area contributed by atoms with Gasteiger partial charge in [0, 0.05) is 32.1 Å². The van der Waals surface area contributed by atoms with Crippen LogP contribution in [0.1, 0.15) is 52.7 Å². The second-order valence-electron chi connectivity index (χ2n) is 8.97. The summed E-state index contributed by atoms with van der Waals surface area (Å²) >= 11 is 0. The van der Waals surface area contributed by atoms with E-state index in [-0.39, 0.29) is 23.1 Å². The molecule has 0 radical (unpaired) electrons. The largest absolute Gasteiger partial charge is 0.508 e. The Morgan fingerprint density at radius 2 is 1.79 bits per heavy atom. The van der Waals surface area contributed by atoms with Gasteiger partial charge in [-0.1, -0.05) is 43.3 Å². The number of hydrogen-bond donors (Lipinski definition) is 3. The first-order chi connectivity index (χ1) is 16.3. The number of rotatable bonds is 8. The lowest BCUT2D eigenvalue weighted by Gasteiger charge is -2.26. The molecule has 0 spiro atoms. The van der Waals surface area contributed by atoms with Crippen LogP contribution in [0.5, 0.6) is 11.5 Å². The fraction of sp³-hybridized carbons (Fsp3) is 0.385. The number of phenols is 2. The van der Waals surface area contributed by atoms with Crippen LogP contribution in [-0.2, 0) is 24.1 Å². The van der Waals surface area contributed by atoms with Gasteiger partial charge in [-0.3, -0.25) is 9.69 Å². The quantitative estimate of drug-likeness (QED) is 0.465. The van der Waals surface area contributed by atoms with Crippen molar-refractivity contribution in [1.82, 2.24) is 10.1 Å². The molecule has 0 bridgehead atoms. The van der Waals surface area contributed by atoms with Gasteiger partial charge in [0.1, 0.15) is 17.3 Å². The summed E-state index contributed by atoms with van der Waals surface area (Å²) in [5.74, 6) is 0.0678. The number of amides is 1. The third kappa shape index (κ3) is 5.24. The van der Waals surface area contributed by atoms with Crippen LogP contribution in [0.2, 0.25) is 0 Å². The molecule has 4 N–H and O–H groups in total. The molecule has 1 fully saturated rings. The third-order valence-corrected chi connectivity index (χ3v) is 6.22. The number of nitrogens with two attached hydrogens (primary N) is 1. The lowest BCUT2D eigenvalue weighted by molar-refractivity contribution is 0.0342. The van der Waals surface area contributed by atoms with Crippen LogP contribution in [0.3, 0.4) is 0 Å². The Hall–Kier alpha value is -3.36. The maximum absolute atomic E-state index is 12.0. The summed E-state index contributed by atoms with van der Waals surface area (Å²) in [6.07, 6.45) is 0.850. The zero-order chi connectivity index (χ0) is 24.2. The molecule has 0 unspecified atom stereocenters. The molecule has 1 aromatic heterocycles. The van der Waals surface area contributed by atoms with E-state index in [9.17, 15) is 15.0 Å². The molecule has 4 rings (SSSR count). The van der Waals surface area contributed by atoms with Gasteiger partial charge in [-0.05, 0) is 40.7 Å². The van der Waals surface area contributed by atoms with Crippen LogP contribution in [0.25, 0.3) is 11.1 Å². The van der Waals surface area contributed by atoms with E-state index in [1.54, 1.807) is 6.07 Å². The lowest BCUT2D eigenvalue weighted by Crippen LogP contribution is -2.35. The van der Waals surface area contributed by atoms with Gasteiger partial charge in [-0.15, -0.1) is 0 Å². The van der Waals surface area contributed by atoms with E-state index in [2.05, 4.69) is 10.1 Å². The number of nitrogens with zero attached hydrogens (tertiary/aromatic N) is 2. The molecule has 0 aliphatic carbocycles. The van der Waals surface area contributed by atoms with Crippen LogP contribution in [0, 0.1) is 0 Å². The van der Waals surface area contributed by atoms with Crippen LogP contribution >= 0.6 is 0 Å². The minimum Gasteiger partial charge on any atom is -0.508 e. The van der Waals surface area contributed by atoms with Gasteiger partial charge in [0.2, 0.25) is 0 Å². The van der Waals surface area contributed by atoms with Crippen molar-refractivity contribution < 1.29 is 24.3 Å². The summed E-state index contributed by atoms with van der Waals surface area (Å²) in [6.45, 7) is 8.11. The van der Waals surface area contributed by atoms with Crippen molar-refractivity contribution in [2.24, 2.45) is 5.73 Å². The lowest BCUT2D eigenvalue weighted by atomic mass is 9.95. The predicted molar refractivity (Wildman–Crippen MR) is 128 cm³/mol. The second kappa shape index (κ2) is 10.3. The van der Waals surface area contributed by atoms with E-state index >= 15 is 0 Å². The highest BCUT2D eigenvalue weighted by molar-refractivity contribution is 5.98. The number of hydrogen-bond acceptors (Lipinski definition) is 7. The monoisotopic (exact) mass is 465 g/mol. The van der Waals surface area contributed by atoms with Crippen LogP contribution in [0.15, 0.2) is 40.9 Å². The molecule has 1 aliphatic heterocycles. The number of carbonyl (C=O) groups excluding carboxylic acids is 1. The van der Waals surface area contributed by atoms with Crippen molar-refractivity contribution in [3.05, 3.63) is 64.5 Å². The SMILES string of the molecule is CC(C)c1cc(CCc2onc(C(N)=O)c2-c2ccc(CN3CCOCC3)cc2)c(O)cc1O. The maximum atomic E-state index is 12.0. The molecule has 3 aromatic rings. The van der Waals surface area contributed by atoms with Crippen molar-refractivity contribution >= 4 is 5.91 Å². The topological polar surface area (TPSA) is 122 Å². The molecule has 8 nitrogen and oxygen atoms in total. The molecule has 1 amide bonds. The highest BCUT2D eigenvalue weighted by atomic mass is 16.5. The molecule has 34 heavy (non-hydrogen) atoms. The Labute approximate surface area is 198 Å². The molecular formula is C26H31N3O5. The number of aromatic nitrogens is 1. The zero-order valence-corrected chi connectivity index (χ0v) is 19.6. The zero-order valence-electron chi connectivity index (χ0n) is 19.6. The average molecular weight is 466 g/mol. The van der Waals surface area contributed by atoms with E-state index in [1.807, 2.05) is 38.1 Å². The molecule has 2 aromatic carbocycles. The fourth-order valence-corrected chi connectivity index (χ4v) is 4.31. The van der Waals surface area contributed by atoms with Crippen molar-refractivity contribution in [1.29, 1.82) is 0 Å². The number of phenolic OH excluding ortho intramolecular Hbond substituents is 2. The molecule has 1 saturated heterocycles. The van der Waals surface area contributed by atoms with Gasteiger partial charge in [0.25, 0.3) is 5.91 Å². The standard InChI is InChI=1S/C26H31N3O5/c1-16(2)20-13-19(21(30)14-22(20)31)7-8-23-24(25(26(27)32)28-34-23)18-5-3-17(4-6-18)15-29-9-11-33-12-10-29/h3-6,13-14,16,30-31H,7-12,15H2,1-2H3,(H2,27,32). The van der Waals surface area contributed by atoms with Gasteiger partial charge in [0.05, 0.1) is 18.8 Å².